The summed E-state index contributed by atoms with van der Waals surface area (Å²) < 4.78 is 39.4. The van der Waals surface area contributed by atoms with Gasteiger partial charge in [-0.3, -0.25) is 52.7 Å². The van der Waals surface area contributed by atoms with Gasteiger partial charge in [0.05, 0.1) is 0 Å². The minimum atomic E-state index is -1.54. The van der Waals surface area contributed by atoms with E-state index in [2.05, 4.69) is 26.6 Å². The summed E-state index contributed by atoms with van der Waals surface area (Å²) >= 11 is 0. The van der Waals surface area contributed by atoms with Crippen LogP contribution in [0.1, 0.15) is 144 Å². The molecule has 26 nitrogen and oxygen atoms in total. The van der Waals surface area contributed by atoms with Crippen molar-refractivity contribution in [3.05, 3.63) is 47.5 Å². The first kappa shape index (κ1) is 67.9. The smallest absolute Gasteiger partial charge is 0.328 e. The number of rotatable bonds is 10. The number of cyclic esters (lactones) is 2. The fourth-order valence-corrected chi connectivity index (χ4v) is 13.4. The highest BCUT2D eigenvalue weighted by Crippen LogP contribution is 2.29. The van der Waals surface area contributed by atoms with Gasteiger partial charge >= 0.3 is 11.9 Å². The Bertz CT molecular complexity index is 2940. The summed E-state index contributed by atoms with van der Waals surface area (Å²) in [5, 5.41) is 13.2. The quantitative estimate of drug-likeness (QED) is 0.123. The zero-order valence-electron chi connectivity index (χ0n) is 51.7. The van der Waals surface area contributed by atoms with Crippen molar-refractivity contribution in [3.8, 4) is 0 Å². The predicted molar refractivity (Wildman–Crippen MR) is 317 cm³/mol. The maximum atomic E-state index is 14.4. The first-order valence-electron chi connectivity index (χ1n) is 31.8. The van der Waals surface area contributed by atoms with Crippen molar-refractivity contribution in [2.45, 2.75) is 210 Å². The molecule has 8 aliphatic rings. The molecule has 1 aromatic rings. The van der Waals surface area contributed by atoms with E-state index in [0.29, 0.717) is 96.3 Å². The van der Waals surface area contributed by atoms with Crippen LogP contribution in [0, 0.1) is 11.6 Å². The lowest BCUT2D eigenvalue weighted by molar-refractivity contribution is -0.158. The van der Waals surface area contributed by atoms with Gasteiger partial charge in [-0.2, -0.15) is 0 Å². The molecular weight excluding hydrogens is 1180 g/mol. The number of carbonyl (C=O) groups excluding carboxylic acids is 13. The molecule has 1 aromatic carbocycles. The van der Waals surface area contributed by atoms with Crippen LogP contribution >= 0.6 is 0 Å². The maximum absolute atomic E-state index is 14.4. The third kappa shape index (κ3) is 16.5. The third-order valence-electron chi connectivity index (χ3n) is 18.0. The molecule has 0 unspecified atom stereocenters. The molecule has 11 amide bonds. The largest absolute Gasteiger partial charge is 0.461 e. The molecule has 11 atom stereocenters. The van der Waals surface area contributed by atoms with Gasteiger partial charge in [-0.15, -0.1) is 0 Å². The summed E-state index contributed by atoms with van der Waals surface area (Å²) in [6, 6.07) is -8.45. The van der Waals surface area contributed by atoms with Crippen LogP contribution in [0.5, 0.6) is 0 Å². The number of benzene rings is 1. The molecular formula is C62H87F2N11O15. The zero-order valence-corrected chi connectivity index (χ0v) is 51.7. The van der Waals surface area contributed by atoms with Crippen LogP contribution in [0.25, 0.3) is 0 Å². The number of nitrogens with zero attached hydrogens (tertiary/aromatic N) is 6. The first-order valence-corrected chi connectivity index (χ1v) is 31.8. The number of nitrogens with one attached hydrogen (secondary N) is 5. The molecule has 0 aromatic heterocycles. The summed E-state index contributed by atoms with van der Waals surface area (Å²) in [4.78, 5) is 183. The van der Waals surface area contributed by atoms with E-state index in [-0.39, 0.29) is 51.8 Å². The van der Waals surface area contributed by atoms with Gasteiger partial charge < -0.3 is 65.5 Å². The average molecular weight is 1260 g/mol. The highest BCUT2D eigenvalue weighted by atomic mass is 19.1. The number of hydrogen-bond acceptors (Lipinski definition) is 15. The van der Waals surface area contributed by atoms with E-state index in [4.69, 9.17) is 9.47 Å². The summed E-state index contributed by atoms with van der Waals surface area (Å²) in [7, 11) is 0. The molecule has 9 rings (SSSR count). The summed E-state index contributed by atoms with van der Waals surface area (Å²) in [6.45, 7) is 7.00. The molecule has 8 aliphatic heterocycles. The molecule has 0 aliphatic carbocycles. The standard InChI is InChI=1S/C38H50F2N6O8.C24H35N5O7.H2/c1-3-4-5-6-14-32(47)42-27(20-24-18-25(39)21-26(40)19-24)33(48)43-28-22-54-38(53)31-13-10-17-46(31)35(50)23(2)41-34(49)29-11-7-8-15-44(29)37(52)30-12-9-16-45(30)36(28)51;1-14-21(32)29-12-6-9-19(29)24(35)36-13-16(26-15(2)30)22(33)28-11-5-8-18(28)23(34)27-10-4-3-7-17(27)20(31)25-14;/h6,14,18-19,21,23,27-31H,3-5,7-13,15-17,20,22H2,1-2H3,(H,41,49)(H,42,47)(H,43,48);14,16-19H,3-13H2,1-2H3,(H,25,31)(H,26,30);1H/b14-6+;;/t23-,27-,28-,29-,30-,31-;14-,16-,17-,18-,19-;/m00./s1. The minimum absolute atomic E-state index is 0. The van der Waals surface area contributed by atoms with Crippen LogP contribution in [0.4, 0.5) is 8.78 Å². The van der Waals surface area contributed by atoms with Crippen LogP contribution in [0.2, 0.25) is 0 Å². The zero-order chi connectivity index (χ0) is 64.9. The molecule has 8 fully saturated rings. The van der Waals surface area contributed by atoms with Gasteiger partial charge in [0.2, 0.25) is 65.0 Å². The Morgan fingerprint density at radius 3 is 1.40 bits per heavy atom. The number of esters is 2. The number of fused-ring (bicyclic) bond motifs is 6. The molecule has 0 radical (unpaired) electrons. The number of unbranched alkanes of at least 4 members (excludes halogenated alkanes) is 2. The van der Waals surface area contributed by atoms with Gasteiger partial charge in [-0.05, 0) is 134 Å². The van der Waals surface area contributed by atoms with Gasteiger partial charge in [0.1, 0.15) is 91.3 Å². The van der Waals surface area contributed by atoms with Crippen LogP contribution < -0.4 is 26.6 Å². The molecule has 28 heteroatoms. The van der Waals surface area contributed by atoms with Crippen molar-refractivity contribution < 1.29 is 82.0 Å². The molecule has 8 heterocycles. The van der Waals surface area contributed by atoms with Gasteiger partial charge in [-0.25, -0.2) is 18.4 Å². The number of halogens is 2. The molecule has 0 spiro atoms. The lowest BCUT2D eigenvalue weighted by Gasteiger charge is -2.39. The topological polar surface area (TPSA) is 320 Å². The predicted octanol–water partition coefficient (Wildman–Crippen LogP) is 0.810. The number of piperidine rings is 2. The van der Waals surface area contributed by atoms with Crippen LogP contribution in [0.3, 0.4) is 0 Å². The van der Waals surface area contributed by atoms with Gasteiger partial charge in [0, 0.05) is 60.1 Å². The highest BCUT2D eigenvalue weighted by Gasteiger charge is 2.48. The van der Waals surface area contributed by atoms with Crippen molar-refractivity contribution in [2.24, 2.45) is 0 Å². The monoisotopic (exact) mass is 1260 g/mol. The van der Waals surface area contributed by atoms with Crippen LogP contribution in [0.15, 0.2) is 30.4 Å². The molecule has 0 bridgehead atoms. The van der Waals surface area contributed by atoms with Gasteiger partial charge in [0.15, 0.2) is 0 Å². The molecule has 494 valence electrons. The number of hydrogen-bond donors (Lipinski definition) is 5. The Labute approximate surface area is 523 Å². The van der Waals surface area contributed by atoms with E-state index in [1.165, 1.54) is 49.3 Å². The van der Waals surface area contributed by atoms with Crippen LogP contribution in [-0.2, 0) is 78.2 Å². The fourth-order valence-electron chi connectivity index (χ4n) is 13.4. The number of ether oxygens (including phenoxy) is 2. The summed E-state index contributed by atoms with van der Waals surface area (Å²) in [5.41, 5.74) is 0.0594. The fraction of sp³-hybridized carbons (Fsp3) is 0.661. The number of carbonyl (C=O) groups is 13. The first-order chi connectivity index (χ1) is 43.1. The van der Waals surface area contributed by atoms with E-state index >= 15 is 0 Å². The van der Waals surface area contributed by atoms with E-state index in [1.807, 2.05) is 6.92 Å². The van der Waals surface area contributed by atoms with E-state index < -0.39 is 162 Å². The Hall–Kier alpha value is -8.07. The Morgan fingerprint density at radius 2 is 0.956 bits per heavy atom. The van der Waals surface area contributed by atoms with Gasteiger partial charge in [-0.1, -0.05) is 25.8 Å². The van der Waals surface area contributed by atoms with Crippen molar-refractivity contribution in [3.63, 3.8) is 0 Å². The Balaban J connectivity index is 0.000000276. The maximum Gasteiger partial charge on any atom is 0.328 e. The number of amides is 11. The second-order valence-corrected chi connectivity index (χ2v) is 24.5. The normalized spacial score (nSPS) is 28.7. The van der Waals surface area contributed by atoms with E-state index in [0.717, 1.165) is 37.8 Å². The Morgan fingerprint density at radius 1 is 0.556 bits per heavy atom. The van der Waals surface area contributed by atoms with E-state index in [1.54, 1.807) is 13.0 Å². The lowest BCUT2D eigenvalue weighted by atomic mass is 9.99. The van der Waals surface area contributed by atoms with E-state index in [9.17, 15) is 71.1 Å². The minimum Gasteiger partial charge on any atom is -0.461 e. The molecule has 90 heavy (non-hydrogen) atoms. The van der Waals surface area contributed by atoms with Crippen molar-refractivity contribution in [1.29, 1.82) is 0 Å². The number of allylic oxidation sites excluding steroid dienone is 1. The molecule has 8 saturated heterocycles. The molecule has 5 N–H and O–H groups in total. The summed E-state index contributed by atoms with van der Waals surface area (Å²) in [5.74, 6) is -9.09. The second-order valence-electron chi connectivity index (χ2n) is 24.5. The Kier molecular flexibility index (Phi) is 23.5. The summed E-state index contributed by atoms with van der Waals surface area (Å²) in [6.07, 6.45) is 12.1. The van der Waals surface area contributed by atoms with Crippen LogP contribution in [-0.4, -0.2) is 225 Å². The van der Waals surface area contributed by atoms with Gasteiger partial charge in [0.25, 0.3) is 0 Å². The third-order valence-corrected chi connectivity index (χ3v) is 18.0. The average Bonchev–Trinajstić information content (AvgIpc) is 1.89. The lowest BCUT2D eigenvalue weighted by Crippen LogP contribution is -2.62. The SMILES string of the molecule is CC(=O)N[C@H]1COC(=O)[C@@H]2CCCN2C(=O)[C@H](C)NC(=O)[C@@H]2CCCCN2C(=O)[C@@H]2CCCN2C1=O.CCCC/C=C/C(=O)N[C@@H](Cc1cc(F)cc(F)c1)C(=O)N[C@H]1COC(=O)[C@@H]2CCCN2C(=O)[C@H](C)NC(=O)[C@@H]2CCCCN2C(=O)[C@@H]2CCCN2C1=O.[HH]. The van der Waals surface area contributed by atoms with Crippen molar-refractivity contribution in [1.82, 2.24) is 56.0 Å². The van der Waals surface area contributed by atoms with Crippen molar-refractivity contribution in [2.75, 3.05) is 52.5 Å². The highest BCUT2D eigenvalue weighted by molar-refractivity contribution is 6.00. The second kappa shape index (κ2) is 31.1. The van der Waals surface area contributed by atoms with Crippen molar-refractivity contribution >= 4 is 76.9 Å². The molecule has 0 saturated carbocycles.